The maximum Gasteiger partial charge on any atom is 0.242 e. The van der Waals surface area contributed by atoms with E-state index in [1.54, 1.807) is 4.90 Å². The molecular weight excluding hydrogens is 316 g/mol. The van der Waals surface area contributed by atoms with E-state index >= 15 is 0 Å². The molecule has 1 aromatic carbocycles. The molecule has 1 N–H and O–H groups in total. The van der Waals surface area contributed by atoms with E-state index in [4.69, 9.17) is 0 Å². The highest BCUT2D eigenvalue weighted by atomic mass is 16.3. The SMILES string of the molecule is CC(=O)N(CCc1ccccc1)CC(=O)N1CC2CCCC(C1)C2O. The number of fused-ring (bicyclic) bond motifs is 2. The van der Waals surface area contributed by atoms with Crippen molar-refractivity contribution in [2.24, 2.45) is 11.8 Å². The van der Waals surface area contributed by atoms with Gasteiger partial charge in [-0.25, -0.2) is 0 Å². The molecule has 2 amide bonds. The zero-order valence-corrected chi connectivity index (χ0v) is 14.9. The fourth-order valence-electron chi connectivity index (χ4n) is 4.13. The van der Waals surface area contributed by atoms with Crippen molar-refractivity contribution in [2.75, 3.05) is 26.2 Å². The van der Waals surface area contributed by atoms with Gasteiger partial charge in [-0.15, -0.1) is 0 Å². The summed E-state index contributed by atoms with van der Waals surface area (Å²) in [5.74, 6) is 0.340. The van der Waals surface area contributed by atoms with Crippen molar-refractivity contribution in [3.05, 3.63) is 35.9 Å². The second-order valence-corrected chi connectivity index (χ2v) is 7.42. The quantitative estimate of drug-likeness (QED) is 0.884. The highest BCUT2D eigenvalue weighted by Gasteiger charge is 2.39. The topological polar surface area (TPSA) is 60.9 Å². The summed E-state index contributed by atoms with van der Waals surface area (Å²) in [5, 5.41) is 10.3. The van der Waals surface area contributed by atoms with Crippen molar-refractivity contribution in [1.29, 1.82) is 0 Å². The molecule has 5 heteroatoms. The van der Waals surface area contributed by atoms with E-state index < -0.39 is 0 Å². The van der Waals surface area contributed by atoms with Crippen molar-refractivity contribution >= 4 is 11.8 Å². The Morgan fingerprint density at radius 1 is 1.16 bits per heavy atom. The fourth-order valence-corrected chi connectivity index (χ4v) is 4.13. The molecule has 2 unspecified atom stereocenters. The number of benzene rings is 1. The van der Waals surface area contributed by atoms with Gasteiger partial charge in [0.05, 0.1) is 12.6 Å². The molecule has 1 saturated heterocycles. The van der Waals surface area contributed by atoms with E-state index in [0.717, 1.165) is 31.2 Å². The number of hydrogen-bond acceptors (Lipinski definition) is 3. The largest absolute Gasteiger partial charge is 0.392 e. The number of aliphatic hydroxyl groups is 1. The Labute approximate surface area is 149 Å². The molecule has 5 nitrogen and oxygen atoms in total. The number of hydrogen-bond donors (Lipinski definition) is 1. The van der Waals surface area contributed by atoms with E-state index in [1.807, 2.05) is 35.2 Å². The number of carbonyl (C=O) groups excluding carboxylic acids is 2. The molecule has 136 valence electrons. The molecule has 2 aliphatic rings. The van der Waals surface area contributed by atoms with Gasteiger partial charge in [-0.1, -0.05) is 36.8 Å². The summed E-state index contributed by atoms with van der Waals surface area (Å²) >= 11 is 0. The maximum absolute atomic E-state index is 12.7. The number of carbonyl (C=O) groups is 2. The van der Waals surface area contributed by atoms with Crippen LogP contribution in [0.1, 0.15) is 31.7 Å². The standard InChI is InChI=1S/C20H28N2O3/c1-15(23)21(11-10-16-6-3-2-4-7-16)14-19(24)22-12-17-8-5-9-18(13-22)20(17)25/h2-4,6-7,17-18,20,25H,5,8-14H2,1H3. The first-order valence-electron chi connectivity index (χ1n) is 9.30. The molecule has 1 aliphatic heterocycles. The van der Waals surface area contributed by atoms with Crippen LogP contribution in [0.2, 0.25) is 0 Å². The lowest BCUT2D eigenvalue weighted by molar-refractivity contribution is -0.145. The summed E-state index contributed by atoms with van der Waals surface area (Å²) in [6.07, 6.45) is 3.61. The zero-order chi connectivity index (χ0) is 17.8. The second kappa shape index (κ2) is 8.00. The molecule has 2 fully saturated rings. The number of amides is 2. The van der Waals surface area contributed by atoms with Gasteiger partial charge in [0.15, 0.2) is 0 Å². The summed E-state index contributed by atoms with van der Waals surface area (Å²) in [6.45, 7) is 3.46. The maximum atomic E-state index is 12.7. The molecule has 1 aromatic rings. The minimum Gasteiger partial charge on any atom is -0.392 e. The van der Waals surface area contributed by atoms with Crippen molar-refractivity contribution in [3.63, 3.8) is 0 Å². The highest BCUT2D eigenvalue weighted by molar-refractivity contribution is 5.84. The monoisotopic (exact) mass is 344 g/mol. The van der Waals surface area contributed by atoms with E-state index in [1.165, 1.54) is 6.92 Å². The Morgan fingerprint density at radius 3 is 2.40 bits per heavy atom. The summed E-state index contributed by atoms with van der Waals surface area (Å²) in [5.41, 5.74) is 1.16. The first-order chi connectivity index (χ1) is 12.0. The van der Waals surface area contributed by atoms with Crippen LogP contribution in [0.5, 0.6) is 0 Å². The first kappa shape index (κ1) is 17.9. The Balaban J connectivity index is 1.56. The Hall–Kier alpha value is -1.88. The number of aliphatic hydroxyl groups excluding tert-OH is 1. The van der Waals surface area contributed by atoms with Crippen LogP contribution >= 0.6 is 0 Å². The van der Waals surface area contributed by atoms with Crippen molar-refractivity contribution in [2.45, 2.75) is 38.7 Å². The van der Waals surface area contributed by atoms with E-state index in [0.29, 0.717) is 19.6 Å². The van der Waals surface area contributed by atoms with Crippen LogP contribution in [0.4, 0.5) is 0 Å². The van der Waals surface area contributed by atoms with Gasteiger partial charge in [-0.2, -0.15) is 0 Å². The van der Waals surface area contributed by atoms with Gasteiger partial charge in [0.25, 0.3) is 0 Å². The lowest BCUT2D eigenvalue weighted by Crippen LogP contribution is -2.55. The molecule has 2 bridgehead atoms. The van der Waals surface area contributed by atoms with Gasteiger partial charge in [0, 0.05) is 38.4 Å². The number of rotatable bonds is 5. The molecule has 1 saturated carbocycles. The molecule has 3 rings (SSSR count). The van der Waals surface area contributed by atoms with Crippen LogP contribution in [-0.4, -0.2) is 59.0 Å². The van der Waals surface area contributed by atoms with Crippen molar-refractivity contribution in [1.82, 2.24) is 9.80 Å². The highest BCUT2D eigenvalue weighted by Crippen LogP contribution is 2.34. The predicted octanol–water partition coefficient (Wildman–Crippen LogP) is 1.70. The minimum atomic E-state index is -0.264. The lowest BCUT2D eigenvalue weighted by Gasteiger charge is -2.45. The Bertz CT molecular complexity index is 590. The number of nitrogens with zero attached hydrogens (tertiary/aromatic N) is 2. The smallest absolute Gasteiger partial charge is 0.242 e. The zero-order valence-electron chi connectivity index (χ0n) is 14.9. The summed E-state index contributed by atoms with van der Waals surface area (Å²) in [4.78, 5) is 28.2. The van der Waals surface area contributed by atoms with Gasteiger partial charge in [0.2, 0.25) is 11.8 Å². The van der Waals surface area contributed by atoms with Crippen LogP contribution in [0.15, 0.2) is 30.3 Å². The van der Waals surface area contributed by atoms with Gasteiger partial charge in [-0.3, -0.25) is 9.59 Å². The molecular formula is C20H28N2O3. The average Bonchev–Trinajstić information content (AvgIpc) is 2.58. The Morgan fingerprint density at radius 2 is 1.80 bits per heavy atom. The molecule has 1 heterocycles. The van der Waals surface area contributed by atoms with Crippen LogP contribution in [0.3, 0.4) is 0 Å². The molecule has 25 heavy (non-hydrogen) atoms. The van der Waals surface area contributed by atoms with Crippen molar-refractivity contribution in [3.8, 4) is 0 Å². The van der Waals surface area contributed by atoms with E-state index in [2.05, 4.69) is 0 Å². The third-order valence-corrected chi connectivity index (χ3v) is 5.66. The third kappa shape index (κ3) is 4.40. The van der Waals surface area contributed by atoms with Gasteiger partial charge in [-0.05, 0) is 24.8 Å². The predicted molar refractivity (Wildman–Crippen MR) is 95.8 cm³/mol. The summed E-state index contributed by atoms with van der Waals surface area (Å²) < 4.78 is 0. The summed E-state index contributed by atoms with van der Waals surface area (Å²) in [6, 6.07) is 10.0. The third-order valence-electron chi connectivity index (χ3n) is 5.66. The fraction of sp³-hybridized carbons (Fsp3) is 0.600. The van der Waals surface area contributed by atoms with E-state index in [9.17, 15) is 14.7 Å². The molecule has 1 aliphatic carbocycles. The molecule has 0 spiro atoms. The Kier molecular flexibility index (Phi) is 5.74. The molecule has 0 radical (unpaired) electrons. The minimum absolute atomic E-state index is 0.00654. The van der Waals surface area contributed by atoms with Crippen LogP contribution < -0.4 is 0 Å². The lowest BCUT2D eigenvalue weighted by atomic mass is 9.75. The second-order valence-electron chi connectivity index (χ2n) is 7.42. The molecule has 0 aromatic heterocycles. The van der Waals surface area contributed by atoms with Gasteiger partial charge >= 0.3 is 0 Å². The number of likely N-dealkylation sites (tertiary alicyclic amines) is 1. The normalized spacial score (nSPS) is 25.5. The summed E-state index contributed by atoms with van der Waals surface area (Å²) in [7, 11) is 0. The molecule has 2 atom stereocenters. The van der Waals surface area contributed by atoms with E-state index in [-0.39, 0.29) is 36.3 Å². The number of piperidine rings is 1. The average molecular weight is 344 g/mol. The van der Waals surface area contributed by atoms with Gasteiger partial charge < -0.3 is 14.9 Å². The van der Waals surface area contributed by atoms with Gasteiger partial charge in [0.1, 0.15) is 0 Å². The first-order valence-corrected chi connectivity index (χ1v) is 9.30. The van der Waals surface area contributed by atoms with Crippen LogP contribution in [0.25, 0.3) is 0 Å². The van der Waals surface area contributed by atoms with Crippen LogP contribution in [0, 0.1) is 11.8 Å². The van der Waals surface area contributed by atoms with Crippen molar-refractivity contribution < 1.29 is 14.7 Å². The van der Waals surface area contributed by atoms with Crippen LogP contribution in [-0.2, 0) is 16.0 Å².